The van der Waals surface area contributed by atoms with Crippen molar-refractivity contribution in [2.75, 3.05) is 0 Å². The van der Waals surface area contributed by atoms with E-state index >= 15 is 0 Å². The molecule has 1 aliphatic carbocycles. The van der Waals surface area contributed by atoms with Gasteiger partial charge in [0.15, 0.2) is 5.82 Å². The Bertz CT molecular complexity index is 777. The van der Waals surface area contributed by atoms with Crippen LogP contribution in [0.2, 0.25) is 0 Å². The maximum absolute atomic E-state index is 5.26. The number of hydrogen-bond acceptors (Lipinski definition) is 6. The lowest BCUT2D eigenvalue weighted by molar-refractivity contribution is 0.355. The fourth-order valence-electron chi connectivity index (χ4n) is 2.37. The minimum Gasteiger partial charge on any atom is -0.338 e. The highest BCUT2D eigenvalue weighted by atomic mass is 16.5. The van der Waals surface area contributed by atoms with Crippen molar-refractivity contribution >= 4 is 0 Å². The van der Waals surface area contributed by atoms with Crippen LogP contribution in [0.3, 0.4) is 0 Å². The van der Waals surface area contributed by atoms with Crippen LogP contribution < -0.4 is 5.32 Å². The summed E-state index contributed by atoms with van der Waals surface area (Å²) in [6.07, 6.45) is 4.27. The van der Waals surface area contributed by atoms with Crippen molar-refractivity contribution in [2.45, 2.75) is 38.3 Å². The van der Waals surface area contributed by atoms with Gasteiger partial charge in [-0.05, 0) is 31.9 Å². The number of para-hydroxylation sites is 1. The highest BCUT2D eigenvalue weighted by Crippen LogP contribution is 2.38. The molecular formula is C16H18N6O. The van der Waals surface area contributed by atoms with Gasteiger partial charge >= 0.3 is 0 Å². The first-order valence-corrected chi connectivity index (χ1v) is 7.83. The van der Waals surface area contributed by atoms with Crippen molar-refractivity contribution in [3.63, 3.8) is 0 Å². The first-order chi connectivity index (χ1) is 11.3. The molecule has 0 aliphatic heterocycles. The molecule has 4 rings (SSSR count). The predicted molar refractivity (Wildman–Crippen MR) is 82.9 cm³/mol. The summed E-state index contributed by atoms with van der Waals surface area (Å²) < 4.78 is 7.03. The molecule has 7 nitrogen and oxygen atoms in total. The summed E-state index contributed by atoms with van der Waals surface area (Å²) in [4.78, 5) is 4.41. The molecule has 0 saturated heterocycles. The molecule has 0 unspecified atom stereocenters. The minimum atomic E-state index is 0.0451. The topological polar surface area (TPSA) is 81.7 Å². The molecule has 23 heavy (non-hydrogen) atoms. The van der Waals surface area contributed by atoms with Gasteiger partial charge in [0, 0.05) is 5.92 Å². The monoisotopic (exact) mass is 310 g/mol. The van der Waals surface area contributed by atoms with Crippen LogP contribution in [0.5, 0.6) is 0 Å². The third-order valence-corrected chi connectivity index (χ3v) is 3.96. The average molecular weight is 310 g/mol. The fraction of sp³-hybridized carbons (Fsp3) is 0.375. The van der Waals surface area contributed by atoms with E-state index in [2.05, 4.69) is 25.8 Å². The quantitative estimate of drug-likeness (QED) is 0.753. The first-order valence-electron chi connectivity index (χ1n) is 7.83. The smallest absolute Gasteiger partial charge is 0.240 e. The maximum atomic E-state index is 5.26. The SMILES string of the molecule is C[C@@H](NCc1nc(C2CC2)no1)c1cn(-c2ccccc2)nn1. The van der Waals surface area contributed by atoms with Gasteiger partial charge in [-0.1, -0.05) is 28.6 Å². The van der Waals surface area contributed by atoms with Crippen LogP contribution in [0.4, 0.5) is 0 Å². The van der Waals surface area contributed by atoms with Crippen LogP contribution in [-0.2, 0) is 6.54 Å². The predicted octanol–water partition coefficient (Wildman–Crippen LogP) is 2.38. The number of benzene rings is 1. The van der Waals surface area contributed by atoms with E-state index in [1.165, 1.54) is 12.8 Å². The molecule has 2 heterocycles. The molecule has 0 radical (unpaired) electrons. The fourth-order valence-corrected chi connectivity index (χ4v) is 2.37. The lowest BCUT2D eigenvalue weighted by atomic mass is 10.2. The second-order valence-corrected chi connectivity index (χ2v) is 5.85. The van der Waals surface area contributed by atoms with Crippen molar-refractivity contribution in [1.29, 1.82) is 0 Å². The molecule has 1 N–H and O–H groups in total. The van der Waals surface area contributed by atoms with Gasteiger partial charge in [0.1, 0.15) is 0 Å². The zero-order valence-electron chi connectivity index (χ0n) is 12.9. The lowest BCUT2D eigenvalue weighted by Gasteiger charge is -2.07. The van der Waals surface area contributed by atoms with Gasteiger partial charge in [-0.3, -0.25) is 0 Å². The molecule has 0 amide bonds. The number of nitrogens with zero attached hydrogens (tertiary/aromatic N) is 5. The number of hydrogen-bond donors (Lipinski definition) is 1. The second-order valence-electron chi connectivity index (χ2n) is 5.85. The molecule has 1 fully saturated rings. The Morgan fingerprint density at radius 1 is 1.30 bits per heavy atom. The third-order valence-electron chi connectivity index (χ3n) is 3.96. The minimum absolute atomic E-state index is 0.0451. The largest absolute Gasteiger partial charge is 0.338 e. The van der Waals surface area contributed by atoms with Gasteiger partial charge in [-0.2, -0.15) is 4.98 Å². The van der Waals surface area contributed by atoms with Crippen molar-refractivity contribution < 1.29 is 4.52 Å². The van der Waals surface area contributed by atoms with Crippen molar-refractivity contribution in [1.82, 2.24) is 30.5 Å². The van der Waals surface area contributed by atoms with E-state index in [9.17, 15) is 0 Å². The molecule has 7 heteroatoms. The van der Waals surface area contributed by atoms with Crippen molar-refractivity contribution in [2.24, 2.45) is 0 Å². The number of rotatable bonds is 6. The molecule has 1 aromatic carbocycles. The van der Waals surface area contributed by atoms with E-state index in [-0.39, 0.29) is 6.04 Å². The van der Waals surface area contributed by atoms with E-state index in [1.54, 1.807) is 4.68 Å². The van der Waals surface area contributed by atoms with Crippen LogP contribution in [-0.4, -0.2) is 25.1 Å². The summed E-state index contributed by atoms with van der Waals surface area (Å²) in [7, 11) is 0. The summed E-state index contributed by atoms with van der Waals surface area (Å²) in [6.45, 7) is 2.57. The maximum Gasteiger partial charge on any atom is 0.240 e. The summed E-state index contributed by atoms with van der Waals surface area (Å²) in [6, 6.07) is 9.97. The molecule has 1 atom stereocenters. The zero-order chi connectivity index (χ0) is 15.6. The highest BCUT2D eigenvalue weighted by Gasteiger charge is 2.28. The molecular weight excluding hydrogens is 292 g/mol. The van der Waals surface area contributed by atoms with Crippen molar-refractivity contribution in [3.8, 4) is 5.69 Å². The Balaban J connectivity index is 1.38. The van der Waals surface area contributed by atoms with Gasteiger partial charge in [-0.25, -0.2) is 4.68 Å². The Morgan fingerprint density at radius 3 is 2.91 bits per heavy atom. The number of nitrogens with one attached hydrogen (secondary N) is 1. The highest BCUT2D eigenvalue weighted by molar-refractivity contribution is 5.30. The molecule has 2 aromatic heterocycles. The van der Waals surface area contributed by atoms with Crippen LogP contribution in [0.1, 0.15) is 49.1 Å². The van der Waals surface area contributed by atoms with Crippen LogP contribution in [0.15, 0.2) is 41.1 Å². The van der Waals surface area contributed by atoms with Gasteiger partial charge in [-0.15, -0.1) is 5.10 Å². The molecule has 3 aromatic rings. The van der Waals surface area contributed by atoms with Crippen LogP contribution in [0, 0.1) is 0 Å². The van der Waals surface area contributed by atoms with Crippen LogP contribution >= 0.6 is 0 Å². The molecule has 1 aliphatic rings. The molecule has 0 bridgehead atoms. The van der Waals surface area contributed by atoms with Gasteiger partial charge in [0.05, 0.1) is 30.2 Å². The van der Waals surface area contributed by atoms with Crippen LogP contribution in [0.25, 0.3) is 5.69 Å². The Labute approximate surface area is 133 Å². The van der Waals surface area contributed by atoms with Gasteiger partial charge in [0.2, 0.25) is 5.89 Å². The van der Waals surface area contributed by atoms with E-state index in [1.807, 2.05) is 43.5 Å². The average Bonchev–Trinajstić information content (AvgIpc) is 3.14. The summed E-state index contributed by atoms with van der Waals surface area (Å²) in [5.41, 5.74) is 1.86. The van der Waals surface area contributed by atoms with Crippen molar-refractivity contribution in [3.05, 3.63) is 53.9 Å². The Hall–Kier alpha value is -2.54. The summed E-state index contributed by atoms with van der Waals surface area (Å²) in [5.74, 6) is 1.97. The van der Waals surface area contributed by atoms with E-state index in [4.69, 9.17) is 4.52 Å². The van der Waals surface area contributed by atoms with E-state index in [0.29, 0.717) is 18.4 Å². The lowest BCUT2D eigenvalue weighted by Crippen LogP contribution is -2.18. The zero-order valence-corrected chi connectivity index (χ0v) is 12.9. The summed E-state index contributed by atoms with van der Waals surface area (Å²) >= 11 is 0. The summed E-state index contributed by atoms with van der Waals surface area (Å²) in [5, 5.41) is 15.8. The molecule has 118 valence electrons. The van der Waals surface area contributed by atoms with E-state index < -0.39 is 0 Å². The number of aromatic nitrogens is 5. The first kappa shape index (κ1) is 14.1. The molecule has 1 saturated carbocycles. The Morgan fingerprint density at radius 2 is 2.13 bits per heavy atom. The van der Waals surface area contributed by atoms with E-state index in [0.717, 1.165) is 17.2 Å². The standard InChI is InChI=1S/C16H18N6O/c1-11(17-9-15-18-16(20-23-15)12-7-8-12)14-10-22(21-19-14)13-5-3-2-4-6-13/h2-6,10-12,17H,7-9H2,1H3/t11-/m1/s1. The molecule has 0 spiro atoms. The van der Waals surface area contributed by atoms with Gasteiger partial charge in [0.25, 0.3) is 0 Å². The Kier molecular flexibility index (Phi) is 3.63. The van der Waals surface area contributed by atoms with Gasteiger partial charge < -0.3 is 9.84 Å². The normalized spacial score (nSPS) is 15.7. The third kappa shape index (κ3) is 3.14. The second kappa shape index (κ2) is 5.92.